The lowest BCUT2D eigenvalue weighted by atomic mass is 10.1. The number of anilines is 1. The van der Waals surface area contributed by atoms with E-state index < -0.39 is 0 Å². The molecule has 1 aliphatic rings. The summed E-state index contributed by atoms with van der Waals surface area (Å²) in [6, 6.07) is 8.28. The van der Waals surface area contributed by atoms with Gasteiger partial charge in [-0.3, -0.25) is 9.69 Å². The van der Waals surface area contributed by atoms with E-state index in [-0.39, 0.29) is 5.91 Å². The Kier molecular flexibility index (Phi) is 5.01. The fraction of sp³-hybridized carbons (Fsp3) is 0.562. The zero-order valence-electron chi connectivity index (χ0n) is 12.5. The molecule has 1 aromatic rings. The van der Waals surface area contributed by atoms with Crippen LogP contribution in [-0.4, -0.2) is 48.4 Å². The second-order valence-corrected chi connectivity index (χ2v) is 5.58. The van der Waals surface area contributed by atoms with Gasteiger partial charge in [0.1, 0.15) is 0 Å². The van der Waals surface area contributed by atoms with Gasteiger partial charge in [-0.2, -0.15) is 0 Å². The van der Waals surface area contributed by atoms with Crippen molar-refractivity contribution in [1.29, 1.82) is 0 Å². The fourth-order valence-corrected chi connectivity index (χ4v) is 2.77. The maximum atomic E-state index is 12.3. The highest BCUT2D eigenvalue weighted by molar-refractivity contribution is 5.77. The van der Waals surface area contributed by atoms with Gasteiger partial charge >= 0.3 is 0 Å². The summed E-state index contributed by atoms with van der Waals surface area (Å²) in [7, 11) is 2.14. The van der Waals surface area contributed by atoms with Crippen molar-refractivity contribution in [3.63, 3.8) is 0 Å². The third-order valence-corrected chi connectivity index (χ3v) is 4.26. The molecule has 1 aliphatic heterocycles. The van der Waals surface area contributed by atoms with Crippen molar-refractivity contribution >= 4 is 11.6 Å². The summed E-state index contributed by atoms with van der Waals surface area (Å²) in [5, 5.41) is 0. The van der Waals surface area contributed by atoms with Crippen LogP contribution in [0.3, 0.4) is 0 Å². The number of piperazine rings is 1. The summed E-state index contributed by atoms with van der Waals surface area (Å²) in [5.74, 6) is 0.250. The third-order valence-electron chi connectivity index (χ3n) is 4.26. The van der Waals surface area contributed by atoms with Gasteiger partial charge in [-0.05, 0) is 31.5 Å². The van der Waals surface area contributed by atoms with E-state index in [1.54, 1.807) is 0 Å². The molecule has 1 unspecified atom stereocenters. The van der Waals surface area contributed by atoms with Gasteiger partial charge in [0.25, 0.3) is 0 Å². The largest absolute Gasteiger partial charge is 0.399 e. The SMILES string of the molecule is CCC1CN(C(=O)CCc2ccccc2N)CCN1C. The lowest BCUT2D eigenvalue weighted by Crippen LogP contribution is -2.53. The molecule has 0 aliphatic carbocycles. The molecule has 1 heterocycles. The molecule has 0 bridgehead atoms. The molecule has 4 heteroatoms. The van der Waals surface area contributed by atoms with E-state index >= 15 is 0 Å². The second-order valence-electron chi connectivity index (χ2n) is 5.58. The highest BCUT2D eigenvalue weighted by atomic mass is 16.2. The molecule has 0 spiro atoms. The van der Waals surface area contributed by atoms with E-state index in [0.29, 0.717) is 12.5 Å². The van der Waals surface area contributed by atoms with E-state index in [1.165, 1.54) is 0 Å². The first kappa shape index (κ1) is 14.9. The van der Waals surface area contributed by atoms with Crippen molar-refractivity contribution < 1.29 is 4.79 Å². The van der Waals surface area contributed by atoms with E-state index in [1.807, 2.05) is 29.2 Å². The average Bonchev–Trinajstić information content (AvgIpc) is 2.46. The molecule has 4 nitrogen and oxygen atoms in total. The van der Waals surface area contributed by atoms with Gasteiger partial charge in [0.2, 0.25) is 5.91 Å². The molecule has 1 amide bonds. The number of hydrogen-bond acceptors (Lipinski definition) is 3. The topological polar surface area (TPSA) is 49.6 Å². The van der Waals surface area contributed by atoms with E-state index in [2.05, 4.69) is 18.9 Å². The maximum absolute atomic E-state index is 12.3. The molecule has 1 aromatic carbocycles. The number of rotatable bonds is 4. The van der Waals surface area contributed by atoms with Crippen molar-refractivity contribution in [2.24, 2.45) is 0 Å². The van der Waals surface area contributed by atoms with Gasteiger partial charge in [-0.25, -0.2) is 0 Å². The standard InChI is InChI=1S/C16H25N3O/c1-3-14-12-19(11-10-18(14)2)16(20)9-8-13-6-4-5-7-15(13)17/h4-7,14H,3,8-12,17H2,1-2H3. The van der Waals surface area contributed by atoms with Crippen LogP contribution in [0.5, 0.6) is 0 Å². The first-order chi connectivity index (χ1) is 9.61. The molecule has 2 rings (SSSR count). The summed E-state index contributed by atoms with van der Waals surface area (Å²) in [5.41, 5.74) is 7.77. The van der Waals surface area contributed by atoms with Crippen molar-refractivity contribution in [2.45, 2.75) is 32.2 Å². The number of nitrogens with zero attached hydrogens (tertiary/aromatic N) is 2. The van der Waals surface area contributed by atoms with E-state index in [0.717, 1.165) is 43.7 Å². The van der Waals surface area contributed by atoms with Crippen LogP contribution < -0.4 is 5.73 Å². The van der Waals surface area contributed by atoms with Crippen molar-refractivity contribution in [3.8, 4) is 0 Å². The quantitative estimate of drug-likeness (QED) is 0.852. The second kappa shape index (κ2) is 6.75. The Labute approximate surface area is 121 Å². The minimum Gasteiger partial charge on any atom is -0.399 e. The number of carbonyl (C=O) groups excluding carboxylic acids is 1. The van der Waals surface area contributed by atoms with Crippen molar-refractivity contribution in [1.82, 2.24) is 9.80 Å². The average molecular weight is 275 g/mol. The fourth-order valence-electron chi connectivity index (χ4n) is 2.77. The molecular weight excluding hydrogens is 250 g/mol. The first-order valence-corrected chi connectivity index (χ1v) is 7.43. The van der Waals surface area contributed by atoms with Crippen LogP contribution in [0.15, 0.2) is 24.3 Å². The van der Waals surface area contributed by atoms with Gasteiger partial charge in [0, 0.05) is 37.8 Å². The van der Waals surface area contributed by atoms with Gasteiger partial charge in [0.05, 0.1) is 0 Å². The Morgan fingerprint density at radius 3 is 2.80 bits per heavy atom. The van der Waals surface area contributed by atoms with Gasteiger partial charge in [-0.1, -0.05) is 25.1 Å². The molecule has 20 heavy (non-hydrogen) atoms. The summed E-state index contributed by atoms with van der Waals surface area (Å²) in [4.78, 5) is 16.7. The predicted octanol–water partition coefficient (Wildman–Crippen LogP) is 1.75. The number of para-hydroxylation sites is 1. The number of amides is 1. The minimum absolute atomic E-state index is 0.250. The molecule has 0 saturated carbocycles. The van der Waals surface area contributed by atoms with Gasteiger partial charge in [-0.15, -0.1) is 0 Å². The van der Waals surface area contributed by atoms with Crippen LogP contribution in [0.4, 0.5) is 5.69 Å². The van der Waals surface area contributed by atoms with Crippen LogP contribution in [0.25, 0.3) is 0 Å². The zero-order chi connectivity index (χ0) is 14.5. The van der Waals surface area contributed by atoms with Gasteiger partial charge < -0.3 is 10.6 Å². The molecule has 110 valence electrons. The number of likely N-dealkylation sites (N-methyl/N-ethyl adjacent to an activating group) is 1. The van der Waals surface area contributed by atoms with Crippen molar-refractivity contribution in [3.05, 3.63) is 29.8 Å². The van der Waals surface area contributed by atoms with Crippen molar-refractivity contribution in [2.75, 3.05) is 32.4 Å². The monoisotopic (exact) mass is 275 g/mol. The normalized spacial score (nSPS) is 20.1. The Bertz CT molecular complexity index is 461. The molecular formula is C16H25N3O. The minimum atomic E-state index is 0.250. The molecule has 1 fully saturated rings. The molecule has 2 N–H and O–H groups in total. The van der Waals surface area contributed by atoms with Crippen LogP contribution in [-0.2, 0) is 11.2 Å². The molecule has 1 atom stereocenters. The molecule has 0 aromatic heterocycles. The molecule has 1 saturated heterocycles. The summed E-state index contributed by atoms with van der Waals surface area (Å²) >= 11 is 0. The lowest BCUT2D eigenvalue weighted by Gasteiger charge is -2.39. The summed E-state index contributed by atoms with van der Waals surface area (Å²) < 4.78 is 0. The van der Waals surface area contributed by atoms with Gasteiger partial charge in [0.15, 0.2) is 0 Å². The zero-order valence-corrected chi connectivity index (χ0v) is 12.5. The summed E-state index contributed by atoms with van der Waals surface area (Å²) in [6.45, 7) is 4.85. The predicted molar refractivity (Wildman–Crippen MR) is 82.5 cm³/mol. The lowest BCUT2D eigenvalue weighted by molar-refractivity contribution is -0.133. The van der Waals surface area contributed by atoms with E-state index in [9.17, 15) is 4.79 Å². The Balaban J connectivity index is 1.88. The number of nitrogens with two attached hydrogens (primary N) is 1. The maximum Gasteiger partial charge on any atom is 0.222 e. The highest BCUT2D eigenvalue weighted by Crippen LogP contribution is 2.15. The number of benzene rings is 1. The first-order valence-electron chi connectivity index (χ1n) is 7.43. The number of aryl methyl sites for hydroxylation is 1. The Morgan fingerprint density at radius 1 is 1.35 bits per heavy atom. The van der Waals surface area contributed by atoms with Crippen LogP contribution in [0, 0.1) is 0 Å². The number of hydrogen-bond donors (Lipinski definition) is 1. The highest BCUT2D eigenvalue weighted by Gasteiger charge is 2.25. The molecule has 0 radical (unpaired) electrons. The van der Waals surface area contributed by atoms with Crippen LogP contribution >= 0.6 is 0 Å². The van der Waals surface area contributed by atoms with E-state index in [4.69, 9.17) is 5.73 Å². The smallest absolute Gasteiger partial charge is 0.222 e. The third kappa shape index (κ3) is 3.51. The number of carbonyl (C=O) groups is 1. The van der Waals surface area contributed by atoms with Crippen LogP contribution in [0.1, 0.15) is 25.3 Å². The van der Waals surface area contributed by atoms with Crippen LogP contribution in [0.2, 0.25) is 0 Å². The Hall–Kier alpha value is -1.55. The summed E-state index contributed by atoms with van der Waals surface area (Å²) in [6.07, 6.45) is 2.37. The Morgan fingerprint density at radius 2 is 2.10 bits per heavy atom. The number of nitrogen functional groups attached to an aromatic ring is 1.